The Bertz CT molecular complexity index is 876. The molecule has 26 heavy (non-hydrogen) atoms. The maximum absolute atomic E-state index is 12.2. The molecule has 3 N–H and O–H groups in total. The summed E-state index contributed by atoms with van der Waals surface area (Å²) in [6.07, 6.45) is 0. The molecule has 0 saturated heterocycles. The summed E-state index contributed by atoms with van der Waals surface area (Å²) >= 11 is 0. The van der Waals surface area contributed by atoms with Gasteiger partial charge < -0.3 is 10.6 Å². The number of sulfonamides is 1. The summed E-state index contributed by atoms with van der Waals surface area (Å²) < 4.78 is 26.8. The number of carbonyl (C=O) groups excluding carboxylic acids is 2. The molecule has 0 bridgehead atoms. The lowest BCUT2D eigenvalue weighted by Crippen LogP contribution is -2.34. The highest BCUT2D eigenvalue weighted by atomic mass is 32.2. The van der Waals surface area contributed by atoms with Crippen LogP contribution in [-0.4, -0.2) is 33.3 Å². The molecule has 8 heteroatoms. The molecule has 0 aromatic heterocycles. The fraction of sp³-hybridized carbons (Fsp3) is 0.222. The molecule has 0 radical (unpaired) electrons. The van der Waals surface area contributed by atoms with E-state index in [2.05, 4.69) is 15.4 Å². The van der Waals surface area contributed by atoms with Crippen LogP contribution in [0, 0.1) is 6.92 Å². The van der Waals surface area contributed by atoms with E-state index in [9.17, 15) is 18.0 Å². The number of carbonyl (C=O) groups is 2. The van der Waals surface area contributed by atoms with Crippen LogP contribution >= 0.6 is 0 Å². The van der Waals surface area contributed by atoms with Crippen molar-refractivity contribution in [3.8, 4) is 0 Å². The predicted molar refractivity (Wildman–Crippen MR) is 99.4 cm³/mol. The molecule has 0 aliphatic rings. The minimum absolute atomic E-state index is 0.0629. The van der Waals surface area contributed by atoms with Gasteiger partial charge >= 0.3 is 0 Å². The number of amides is 2. The molecule has 2 amide bonds. The second-order valence-electron chi connectivity index (χ2n) is 5.73. The first-order valence-electron chi connectivity index (χ1n) is 8.00. The van der Waals surface area contributed by atoms with Crippen molar-refractivity contribution in [3.63, 3.8) is 0 Å². The third kappa shape index (κ3) is 5.68. The lowest BCUT2D eigenvalue weighted by Gasteiger charge is -2.09. The van der Waals surface area contributed by atoms with Gasteiger partial charge in [-0.25, -0.2) is 13.1 Å². The van der Waals surface area contributed by atoms with Crippen LogP contribution in [0.3, 0.4) is 0 Å². The van der Waals surface area contributed by atoms with Gasteiger partial charge in [0, 0.05) is 31.3 Å². The molecule has 0 heterocycles. The number of aryl methyl sites for hydroxylation is 1. The summed E-state index contributed by atoms with van der Waals surface area (Å²) in [5, 5.41) is 5.23. The van der Waals surface area contributed by atoms with E-state index in [4.69, 9.17) is 0 Å². The van der Waals surface area contributed by atoms with Crippen LogP contribution < -0.4 is 15.4 Å². The van der Waals surface area contributed by atoms with Crippen molar-refractivity contribution in [1.29, 1.82) is 0 Å². The average Bonchev–Trinajstić information content (AvgIpc) is 2.59. The van der Waals surface area contributed by atoms with Crippen LogP contribution in [0.25, 0.3) is 0 Å². The van der Waals surface area contributed by atoms with Crippen molar-refractivity contribution in [1.82, 2.24) is 10.0 Å². The van der Waals surface area contributed by atoms with Gasteiger partial charge in [-0.3, -0.25) is 9.59 Å². The highest BCUT2D eigenvalue weighted by Crippen LogP contribution is 2.13. The monoisotopic (exact) mass is 375 g/mol. The second-order valence-corrected chi connectivity index (χ2v) is 7.49. The lowest BCUT2D eigenvalue weighted by molar-refractivity contribution is -0.114. The number of rotatable bonds is 7. The van der Waals surface area contributed by atoms with Gasteiger partial charge in [0.25, 0.3) is 5.91 Å². The van der Waals surface area contributed by atoms with Crippen molar-refractivity contribution in [3.05, 3.63) is 59.7 Å². The number of hydrogen-bond donors (Lipinski definition) is 3. The fourth-order valence-corrected chi connectivity index (χ4v) is 3.20. The van der Waals surface area contributed by atoms with Crippen LogP contribution in [0.1, 0.15) is 22.8 Å². The van der Waals surface area contributed by atoms with Gasteiger partial charge in [-0.15, -0.1) is 0 Å². The minimum atomic E-state index is -3.69. The Morgan fingerprint density at radius 3 is 2.12 bits per heavy atom. The van der Waals surface area contributed by atoms with E-state index in [1.165, 1.54) is 31.2 Å². The molecule has 0 aliphatic carbocycles. The van der Waals surface area contributed by atoms with Crippen LogP contribution in [-0.2, 0) is 14.8 Å². The summed E-state index contributed by atoms with van der Waals surface area (Å²) in [5.74, 6) is -0.494. The minimum Gasteiger partial charge on any atom is -0.351 e. The molecule has 2 aromatic carbocycles. The molecule has 138 valence electrons. The Morgan fingerprint density at radius 1 is 0.923 bits per heavy atom. The SMILES string of the molecule is CC(=O)Nc1ccc(S(=O)(=O)NCCNC(=O)c2ccc(C)cc2)cc1. The first-order valence-corrected chi connectivity index (χ1v) is 9.48. The number of benzene rings is 2. The van der Waals surface area contributed by atoms with E-state index >= 15 is 0 Å². The molecular formula is C18H21N3O4S. The van der Waals surface area contributed by atoms with Gasteiger partial charge in [0.05, 0.1) is 4.90 Å². The zero-order valence-corrected chi connectivity index (χ0v) is 15.4. The summed E-state index contributed by atoms with van der Waals surface area (Å²) in [6, 6.07) is 12.9. The van der Waals surface area contributed by atoms with Crippen molar-refractivity contribution in [2.75, 3.05) is 18.4 Å². The quantitative estimate of drug-likeness (QED) is 0.640. The van der Waals surface area contributed by atoms with Gasteiger partial charge in [0.2, 0.25) is 15.9 Å². The Morgan fingerprint density at radius 2 is 1.54 bits per heavy atom. The highest BCUT2D eigenvalue weighted by Gasteiger charge is 2.13. The summed E-state index contributed by atoms with van der Waals surface area (Å²) in [7, 11) is -3.69. The van der Waals surface area contributed by atoms with Crippen molar-refractivity contribution >= 4 is 27.5 Å². The summed E-state index contributed by atoms with van der Waals surface area (Å²) in [6.45, 7) is 3.53. The molecule has 0 saturated carbocycles. The van der Waals surface area contributed by atoms with Crippen LogP contribution in [0.4, 0.5) is 5.69 Å². The number of anilines is 1. The van der Waals surface area contributed by atoms with Gasteiger partial charge in [-0.2, -0.15) is 0 Å². The van der Waals surface area contributed by atoms with Crippen LogP contribution in [0.2, 0.25) is 0 Å². The smallest absolute Gasteiger partial charge is 0.251 e. The lowest BCUT2D eigenvalue weighted by atomic mass is 10.1. The number of nitrogens with one attached hydrogen (secondary N) is 3. The van der Waals surface area contributed by atoms with Crippen molar-refractivity contribution in [2.45, 2.75) is 18.7 Å². The normalized spacial score (nSPS) is 11.0. The Balaban J connectivity index is 1.85. The standard InChI is InChI=1S/C18H21N3O4S/c1-13-3-5-15(6-4-13)18(23)19-11-12-20-26(24,25)17-9-7-16(8-10-17)21-14(2)22/h3-10,20H,11-12H2,1-2H3,(H,19,23)(H,21,22). The van der Waals surface area contributed by atoms with Gasteiger partial charge in [-0.05, 0) is 43.3 Å². The zero-order valence-electron chi connectivity index (χ0n) is 14.6. The molecule has 2 rings (SSSR count). The molecule has 7 nitrogen and oxygen atoms in total. The number of hydrogen-bond acceptors (Lipinski definition) is 4. The third-order valence-corrected chi connectivity index (χ3v) is 4.98. The molecular weight excluding hydrogens is 354 g/mol. The second kappa shape index (κ2) is 8.59. The topological polar surface area (TPSA) is 104 Å². The fourth-order valence-electron chi connectivity index (χ4n) is 2.17. The molecule has 0 atom stereocenters. The highest BCUT2D eigenvalue weighted by molar-refractivity contribution is 7.89. The van der Waals surface area contributed by atoms with Gasteiger partial charge in [0.1, 0.15) is 0 Å². The molecule has 2 aromatic rings. The molecule has 0 fully saturated rings. The third-order valence-electron chi connectivity index (χ3n) is 3.50. The van der Waals surface area contributed by atoms with Crippen LogP contribution in [0.15, 0.2) is 53.4 Å². The van der Waals surface area contributed by atoms with E-state index in [1.807, 2.05) is 19.1 Å². The van der Waals surface area contributed by atoms with E-state index in [0.717, 1.165) is 5.56 Å². The van der Waals surface area contributed by atoms with E-state index < -0.39 is 10.0 Å². The Labute approximate surface area is 152 Å². The maximum atomic E-state index is 12.2. The van der Waals surface area contributed by atoms with E-state index in [0.29, 0.717) is 11.3 Å². The maximum Gasteiger partial charge on any atom is 0.251 e. The summed E-state index contributed by atoms with van der Waals surface area (Å²) in [4.78, 5) is 23.0. The molecule has 0 aliphatic heterocycles. The largest absolute Gasteiger partial charge is 0.351 e. The predicted octanol–water partition coefficient (Wildman–Crippen LogP) is 1.66. The Hall–Kier alpha value is -2.71. The van der Waals surface area contributed by atoms with Crippen LogP contribution in [0.5, 0.6) is 0 Å². The molecule has 0 spiro atoms. The van der Waals surface area contributed by atoms with Crippen molar-refractivity contribution in [2.24, 2.45) is 0 Å². The zero-order chi connectivity index (χ0) is 19.2. The van der Waals surface area contributed by atoms with E-state index in [1.54, 1.807) is 12.1 Å². The first kappa shape index (κ1) is 19.6. The van der Waals surface area contributed by atoms with Crippen molar-refractivity contribution < 1.29 is 18.0 Å². The summed E-state index contributed by atoms with van der Waals surface area (Å²) in [5.41, 5.74) is 2.09. The molecule has 0 unspecified atom stereocenters. The average molecular weight is 375 g/mol. The van der Waals surface area contributed by atoms with E-state index in [-0.39, 0.29) is 29.8 Å². The van der Waals surface area contributed by atoms with Gasteiger partial charge in [0.15, 0.2) is 0 Å². The Kier molecular flexibility index (Phi) is 6.48. The first-order chi connectivity index (χ1) is 12.3. The van der Waals surface area contributed by atoms with Gasteiger partial charge in [-0.1, -0.05) is 17.7 Å².